The predicted octanol–water partition coefficient (Wildman–Crippen LogP) is 17.1. The lowest BCUT2D eigenvalue weighted by molar-refractivity contribution is 0.661. The Balaban J connectivity index is 0.997. The summed E-state index contributed by atoms with van der Waals surface area (Å²) in [6.45, 7) is 4.74. The van der Waals surface area contributed by atoms with Crippen molar-refractivity contribution in [2.45, 2.75) is 19.3 Å². The highest BCUT2D eigenvalue weighted by molar-refractivity contribution is 7.26. The van der Waals surface area contributed by atoms with Crippen LogP contribution in [0.4, 0.5) is 0 Å². The highest BCUT2D eigenvalue weighted by atomic mass is 32.1. The predicted molar refractivity (Wildman–Crippen MR) is 261 cm³/mol. The first-order valence-corrected chi connectivity index (χ1v) is 21.8. The number of rotatable bonds is 3. The van der Waals surface area contributed by atoms with Gasteiger partial charge in [-0.05, 0) is 122 Å². The van der Waals surface area contributed by atoms with Crippen molar-refractivity contribution in [3.05, 3.63) is 205 Å². The van der Waals surface area contributed by atoms with E-state index in [2.05, 4.69) is 208 Å². The molecule has 60 heavy (non-hydrogen) atoms. The molecule has 1 heterocycles. The summed E-state index contributed by atoms with van der Waals surface area (Å²) in [5, 5.41) is 15.4. The maximum absolute atomic E-state index is 2.43. The van der Waals surface area contributed by atoms with Crippen molar-refractivity contribution in [1.29, 1.82) is 0 Å². The van der Waals surface area contributed by atoms with Gasteiger partial charge in [0.1, 0.15) is 0 Å². The molecule has 0 radical (unpaired) electrons. The second kappa shape index (κ2) is 12.5. The van der Waals surface area contributed by atoms with E-state index in [1.54, 1.807) is 0 Å². The molecule has 0 N–H and O–H groups in total. The average molecular weight is 779 g/mol. The van der Waals surface area contributed by atoms with Gasteiger partial charge in [0.2, 0.25) is 0 Å². The van der Waals surface area contributed by atoms with Gasteiger partial charge in [-0.25, -0.2) is 0 Å². The van der Waals surface area contributed by atoms with Gasteiger partial charge in [-0.15, -0.1) is 11.3 Å². The van der Waals surface area contributed by atoms with Crippen molar-refractivity contribution in [3.8, 4) is 44.5 Å². The molecule has 0 fully saturated rings. The van der Waals surface area contributed by atoms with E-state index >= 15 is 0 Å². The summed E-state index contributed by atoms with van der Waals surface area (Å²) in [5.41, 5.74) is 13.3. The number of thiophene rings is 1. The van der Waals surface area contributed by atoms with Crippen molar-refractivity contribution in [3.63, 3.8) is 0 Å². The van der Waals surface area contributed by atoms with E-state index < -0.39 is 0 Å². The maximum Gasteiger partial charge on any atom is 0.0437 e. The minimum atomic E-state index is -0.00459. The molecule has 0 saturated heterocycles. The largest absolute Gasteiger partial charge is 0.134 e. The van der Waals surface area contributed by atoms with Gasteiger partial charge in [0.25, 0.3) is 0 Å². The Bertz CT molecular complexity index is 3740. The highest BCUT2D eigenvalue weighted by Gasteiger charge is 2.36. The van der Waals surface area contributed by atoms with Crippen LogP contribution in [0.5, 0.6) is 0 Å². The average Bonchev–Trinajstić information content (AvgIpc) is 3.77. The third kappa shape index (κ3) is 4.67. The topological polar surface area (TPSA) is 0 Å². The van der Waals surface area contributed by atoms with Gasteiger partial charge >= 0.3 is 0 Å². The molecule has 0 bridgehead atoms. The van der Waals surface area contributed by atoms with Crippen LogP contribution >= 0.6 is 11.3 Å². The van der Waals surface area contributed by atoms with Gasteiger partial charge in [-0.1, -0.05) is 190 Å². The van der Waals surface area contributed by atoms with Crippen LogP contribution in [0.1, 0.15) is 25.0 Å². The molecule has 0 unspecified atom stereocenters. The first kappa shape index (κ1) is 33.9. The van der Waals surface area contributed by atoms with Gasteiger partial charge < -0.3 is 0 Å². The zero-order valence-electron chi connectivity index (χ0n) is 33.4. The van der Waals surface area contributed by atoms with Crippen LogP contribution in [0.25, 0.3) is 119 Å². The number of hydrogen-bond acceptors (Lipinski definition) is 1. The van der Waals surface area contributed by atoms with Crippen LogP contribution in [0.2, 0.25) is 0 Å². The first-order chi connectivity index (χ1) is 29.5. The first-order valence-electron chi connectivity index (χ1n) is 21.0. The van der Waals surface area contributed by atoms with E-state index in [4.69, 9.17) is 0 Å². The summed E-state index contributed by atoms with van der Waals surface area (Å²) >= 11 is 1.95. The molecule has 280 valence electrons. The van der Waals surface area contributed by atoms with E-state index in [0.717, 1.165) is 0 Å². The molecule has 0 saturated carbocycles. The third-order valence-electron chi connectivity index (χ3n) is 13.6. The monoisotopic (exact) mass is 778 g/mol. The zero-order chi connectivity index (χ0) is 39.7. The summed E-state index contributed by atoms with van der Waals surface area (Å²) in [4.78, 5) is 0. The molecule has 1 heteroatoms. The van der Waals surface area contributed by atoms with E-state index in [9.17, 15) is 0 Å². The van der Waals surface area contributed by atoms with Crippen molar-refractivity contribution in [2.24, 2.45) is 0 Å². The molecular formula is C59H38S. The number of benzene rings is 11. The Morgan fingerprint density at radius 3 is 1.62 bits per heavy atom. The van der Waals surface area contributed by atoms with E-state index in [1.165, 1.54) is 130 Å². The van der Waals surface area contributed by atoms with Crippen molar-refractivity contribution >= 4 is 85.4 Å². The smallest absolute Gasteiger partial charge is 0.0437 e. The Labute approximate surface area is 352 Å². The van der Waals surface area contributed by atoms with E-state index in [-0.39, 0.29) is 5.41 Å². The minimum absolute atomic E-state index is 0.00459. The summed E-state index contributed by atoms with van der Waals surface area (Å²) in [5.74, 6) is 0. The maximum atomic E-state index is 2.43. The zero-order valence-corrected chi connectivity index (χ0v) is 34.2. The molecule has 0 atom stereocenters. The fraction of sp³-hybridized carbons (Fsp3) is 0.0508. The van der Waals surface area contributed by atoms with Gasteiger partial charge in [0.05, 0.1) is 0 Å². The Morgan fingerprint density at radius 2 is 0.883 bits per heavy atom. The summed E-state index contributed by atoms with van der Waals surface area (Å²) in [6, 6.07) is 72.9. The molecule has 1 aromatic heterocycles. The normalized spacial score (nSPS) is 13.3. The molecule has 11 aromatic carbocycles. The Kier molecular flexibility index (Phi) is 7.04. The van der Waals surface area contributed by atoms with Gasteiger partial charge in [-0.3, -0.25) is 0 Å². The quantitative estimate of drug-likeness (QED) is 0.157. The van der Waals surface area contributed by atoms with Crippen LogP contribution < -0.4 is 0 Å². The van der Waals surface area contributed by atoms with Gasteiger partial charge in [-0.2, -0.15) is 0 Å². The molecule has 1 aliphatic rings. The molecule has 13 rings (SSSR count). The molecule has 1 aliphatic carbocycles. The minimum Gasteiger partial charge on any atom is -0.134 e. The fourth-order valence-electron chi connectivity index (χ4n) is 10.9. The Hall–Kier alpha value is -7.06. The third-order valence-corrected chi connectivity index (χ3v) is 14.8. The number of fused-ring (bicyclic) bond motifs is 12. The molecule has 0 nitrogen and oxygen atoms in total. The summed E-state index contributed by atoms with van der Waals surface area (Å²) < 4.78 is 2.75. The van der Waals surface area contributed by atoms with Crippen LogP contribution in [0.15, 0.2) is 194 Å². The summed E-state index contributed by atoms with van der Waals surface area (Å²) in [6.07, 6.45) is 0. The lowest BCUT2D eigenvalue weighted by Gasteiger charge is -2.21. The van der Waals surface area contributed by atoms with Crippen LogP contribution in [0, 0.1) is 0 Å². The molecule has 0 aliphatic heterocycles. The molecule has 12 aromatic rings. The summed E-state index contributed by atoms with van der Waals surface area (Å²) in [7, 11) is 0. The second-order valence-corrected chi connectivity index (χ2v) is 18.2. The SMILES string of the molecule is CC1(C)c2ccccc2-c2c1ccc1c2sc2cc3cc(-c4ccc(-c5c6ccccc6c(-c6cccc7ccccc67)c6ccccc56)c5ccccc45)ccc3cc21. The highest BCUT2D eigenvalue weighted by Crippen LogP contribution is 2.54. The fourth-order valence-corrected chi connectivity index (χ4v) is 12.1. The van der Waals surface area contributed by atoms with E-state index in [1.807, 2.05) is 11.3 Å². The van der Waals surface area contributed by atoms with E-state index in [0.29, 0.717) is 0 Å². The Morgan fingerprint density at radius 1 is 0.317 bits per heavy atom. The van der Waals surface area contributed by atoms with Gasteiger partial charge in [0, 0.05) is 31.2 Å². The lowest BCUT2D eigenvalue weighted by atomic mass is 9.82. The standard InChI is InChI=1S/C59H38S/c1-59(2)52-25-12-11-23-50(52)57-53(59)31-30-49-51-33-36-26-27-37(32-38(36)34-54(51)60-58(49)57)40-28-29-48(42-18-6-5-17-41(40)42)56-46-21-9-7-19-44(46)55(45-20-8-10-22-47(45)56)43-24-13-15-35-14-3-4-16-39(35)43/h3-34H,1-2H3. The van der Waals surface area contributed by atoms with Crippen molar-refractivity contribution in [2.75, 3.05) is 0 Å². The van der Waals surface area contributed by atoms with Crippen LogP contribution in [-0.4, -0.2) is 0 Å². The molecule has 0 amide bonds. The van der Waals surface area contributed by atoms with Gasteiger partial charge in [0.15, 0.2) is 0 Å². The number of hydrogen-bond donors (Lipinski definition) is 0. The van der Waals surface area contributed by atoms with Crippen LogP contribution in [-0.2, 0) is 5.41 Å². The van der Waals surface area contributed by atoms with Crippen LogP contribution in [0.3, 0.4) is 0 Å². The molecule has 0 spiro atoms. The second-order valence-electron chi connectivity index (χ2n) is 17.1. The molecular weight excluding hydrogens is 741 g/mol. The van der Waals surface area contributed by atoms with Crippen molar-refractivity contribution in [1.82, 2.24) is 0 Å². The lowest BCUT2D eigenvalue weighted by Crippen LogP contribution is -2.14. The van der Waals surface area contributed by atoms with Crippen molar-refractivity contribution < 1.29 is 0 Å².